The number of amides is 1. The van der Waals surface area contributed by atoms with E-state index in [1.807, 2.05) is 61.5 Å². The highest BCUT2D eigenvalue weighted by Crippen LogP contribution is 2.44. The summed E-state index contributed by atoms with van der Waals surface area (Å²) in [5, 5.41) is 13.7. The first-order valence-corrected chi connectivity index (χ1v) is 12.1. The summed E-state index contributed by atoms with van der Waals surface area (Å²) in [5.74, 6) is 0.513. The van der Waals surface area contributed by atoms with Gasteiger partial charge in [0.1, 0.15) is 5.69 Å². The van der Waals surface area contributed by atoms with Gasteiger partial charge < -0.3 is 4.74 Å². The van der Waals surface area contributed by atoms with Crippen LogP contribution in [0.25, 0.3) is 22.5 Å². The van der Waals surface area contributed by atoms with Gasteiger partial charge in [-0.2, -0.15) is 10.1 Å². The van der Waals surface area contributed by atoms with Gasteiger partial charge in [0.2, 0.25) is 29.1 Å². The molecule has 176 valence electrons. The molecule has 1 aliphatic heterocycles. The van der Waals surface area contributed by atoms with E-state index in [1.54, 1.807) is 11.1 Å². The van der Waals surface area contributed by atoms with Crippen LogP contribution in [0.4, 0.5) is 5.69 Å². The van der Waals surface area contributed by atoms with Crippen molar-refractivity contribution in [3.05, 3.63) is 66.4 Å². The van der Waals surface area contributed by atoms with Crippen molar-refractivity contribution in [3.63, 3.8) is 0 Å². The van der Waals surface area contributed by atoms with E-state index in [0.717, 1.165) is 11.3 Å². The molecule has 4 aromatic rings. The molecule has 35 heavy (non-hydrogen) atoms. The lowest BCUT2D eigenvalue weighted by Gasteiger charge is -2.29. The Morgan fingerprint density at radius 2 is 1.71 bits per heavy atom. The second-order valence-corrected chi connectivity index (χ2v) is 9.05. The minimum atomic E-state index is -0.950. The fourth-order valence-electron chi connectivity index (χ4n) is 3.99. The maximum Gasteiger partial charge on any atom is 0.247 e. The van der Waals surface area contributed by atoms with Gasteiger partial charge in [0.25, 0.3) is 0 Å². The summed E-state index contributed by atoms with van der Waals surface area (Å²) in [5.41, 5.74) is 3.58. The van der Waals surface area contributed by atoms with Crippen LogP contribution in [0, 0.1) is 0 Å². The predicted molar refractivity (Wildman–Crippen MR) is 132 cm³/mol. The van der Waals surface area contributed by atoms with Gasteiger partial charge in [0.15, 0.2) is 5.69 Å². The molecule has 0 saturated carbocycles. The number of carbonyl (C=O) groups excluding carboxylic acids is 2. The van der Waals surface area contributed by atoms with E-state index in [9.17, 15) is 9.59 Å². The topological polar surface area (TPSA) is 103 Å². The molecule has 0 bridgehead atoms. The van der Waals surface area contributed by atoms with Crippen molar-refractivity contribution in [2.45, 2.75) is 32.2 Å². The Bertz CT molecular complexity index is 1420. The molecule has 2 aromatic heterocycles. The Morgan fingerprint density at radius 1 is 0.971 bits per heavy atom. The van der Waals surface area contributed by atoms with Crippen LogP contribution in [0.2, 0.25) is 0 Å². The van der Waals surface area contributed by atoms with Crippen molar-refractivity contribution >= 4 is 29.3 Å². The lowest BCUT2D eigenvalue weighted by molar-refractivity contribution is -0.118. The van der Waals surface area contributed by atoms with Crippen molar-refractivity contribution < 1.29 is 14.3 Å². The molecule has 9 nitrogen and oxygen atoms in total. The lowest BCUT2D eigenvalue weighted by Crippen LogP contribution is -2.36. The molecule has 3 heterocycles. The third-order valence-corrected chi connectivity index (χ3v) is 6.22. The zero-order valence-corrected chi connectivity index (χ0v) is 20.2. The molecule has 1 atom stereocenters. The Balaban J connectivity index is 1.77. The number of para-hydroxylation sites is 1. The molecule has 0 spiro atoms. The zero-order chi connectivity index (χ0) is 24.5. The normalized spacial score (nSPS) is 14.5. The number of thioether (sulfide) groups is 1. The number of hydrogen-bond acceptors (Lipinski definition) is 8. The predicted octanol–water partition coefficient (Wildman–Crippen LogP) is 4.62. The van der Waals surface area contributed by atoms with E-state index in [0.29, 0.717) is 33.4 Å². The number of benzene rings is 2. The smallest absolute Gasteiger partial charge is 0.247 e. The van der Waals surface area contributed by atoms with Crippen LogP contribution in [0.5, 0.6) is 5.88 Å². The molecule has 0 fully saturated rings. The van der Waals surface area contributed by atoms with Crippen molar-refractivity contribution in [1.82, 2.24) is 25.0 Å². The van der Waals surface area contributed by atoms with Crippen molar-refractivity contribution in [1.29, 1.82) is 0 Å². The highest BCUT2D eigenvalue weighted by Gasteiger charge is 2.37. The highest BCUT2D eigenvalue weighted by molar-refractivity contribution is 7.99. The molecule has 10 heteroatoms. The minimum Gasteiger partial charge on any atom is -0.447 e. The molecule has 0 aliphatic carbocycles. The van der Waals surface area contributed by atoms with Crippen molar-refractivity contribution in [3.8, 4) is 28.4 Å². The van der Waals surface area contributed by atoms with Crippen LogP contribution in [-0.2, 0) is 4.79 Å². The molecule has 0 radical (unpaired) electrons. The first-order valence-electron chi connectivity index (χ1n) is 11.1. The van der Waals surface area contributed by atoms with Crippen LogP contribution in [0.3, 0.4) is 0 Å². The summed E-state index contributed by atoms with van der Waals surface area (Å²) in [6.45, 7) is 4.90. The number of hydrogen-bond donors (Lipinski definition) is 0. The van der Waals surface area contributed by atoms with Gasteiger partial charge in [-0.1, -0.05) is 67.2 Å². The number of anilines is 1. The maximum atomic E-state index is 13.1. The standard InChI is InChI=1S/C25H22N6O3S/c1-4-35-25-26-23-22(27-28-25)18-12-8-9-13-20(18)31(16(3)33)24(34-23)19-14-30(15(2)32)29-21(19)17-10-6-5-7-11-17/h5-14,24H,4H2,1-3H3/t24-/m0/s1. The first kappa shape index (κ1) is 22.7. The number of ether oxygens (including phenoxy) is 1. The van der Waals surface area contributed by atoms with Gasteiger partial charge >= 0.3 is 0 Å². The summed E-state index contributed by atoms with van der Waals surface area (Å²) in [4.78, 5) is 31.5. The van der Waals surface area contributed by atoms with Gasteiger partial charge in [0.05, 0.1) is 11.3 Å². The van der Waals surface area contributed by atoms with Gasteiger partial charge in [-0.25, -0.2) is 4.68 Å². The summed E-state index contributed by atoms with van der Waals surface area (Å²) in [7, 11) is 0. The zero-order valence-electron chi connectivity index (χ0n) is 19.4. The number of nitrogens with zero attached hydrogens (tertiary/aromatic N) is 6. The summed E-state index contributed by atoms with van der Waals surface area (Å²) in [6, 6.07) is 16.9. The maximum absolute atomic E-state index is 13.1. The van der Waals surface area contributed by atoms with E-state index >= 15 is 0 Å². The van der Waals surface area contributed by atoms with Gasteiger partial charge in [-0.15, -0.1) is 10.2 Å². The van der Waals surface area contributed by atoms with Crippen LogP contribution in [-0.4, -0.2) is 42.5 Å². The molecule has 1 aliphatic rings. The summed E-state index contributed by atoms with van der Waals surface area (Å²) in [6.07, 6.45) is 0.657. The minimum absolute atomic E-state index is 0.249. The monoisotopic (exact) mass is 486 g/mol. The van der Waals surface area contributed by atoms with E-state index in [-0.39, 0.29) is 17.7 Å². The second-order valence-electron chi connectivity index (χ2n) is 7.82. The third-order valence-electron chi connectivity index (χ3n) is 5.50. The quantitative estimate of drug-likeness (QED) is 0.385. The van der Waals surface area contributed by atoms with E-state index in [1.165, 1.54) is 30.3 Å². The molecule has 5 rings (SSSR count). The number of carbonyl (C=O) groups is 2. The largest absolute Gasteiger partial charge is 0.447 e. The van der Waals surface area contributed by atoms with Gasteiger partial charge in [-0.3, -0.25) is 14.5 Å². The fraction of sp³-hybridized carbons (Fsp3) is 0.200. The fourth-order valence-corrected chi connectivity index (χ4v) is 4.50. The van der Waals surface area contributed by atoms with E-state index < -0.39 is 6.23 Å². The summed E-state index contributed by atoms with van der Waals surface area (Å²) >= 11 is 1.44. The second kappa shape index (κ2) is 9.30. The third kappa shape index (κ3) is 4.17. The Kier molecular flexibility index (Phi) is 6.04. The molecular weight excluding hydrogens is 464 g/mol. The highest BCUT2D eigenvalue weighted by atomic mass is 32.2. The van der Waals surface area contributed by atoms with Crippen LogP contribution in [0.1, 0.15) is 37.4 Å². The number of fused-ring (bicyclic) bond motifs is 3. The van der Waals surface area contributed by atoms with Gasteiger partial charge in [-0.05, 0) is 11.8 Å². The van der Waals surface area contributed by atoms with Crippen molar-refractivity contribution in [2.75, 3.05) is 10.7 Å². The average molecular weight is 487 g/mol. The van der Waals surface area contributed by atoms with E-state index in [2.05, 4.69) is 20.3 Å². The Morgan fingerprint density at radius 3 is 2.43 bits per heavy atom. The molecule has 2 aromatic carbocycles. The number of rotatable bonds is 4. The Labute approximate surface area is 206 Å². The van der Waals surface area contributed by atoms with Crippen LogP contribution < -0.4 is 9.64 Å². The average Bonchev–Trinajstić information content (AvgIpc) is 3.25. The van der Waals surface area contributed by atoms with E-state index in [4.69, 9.17) is 4.74 Å². The molecular formula is C25H22N6O3S. The van der Waals surface area contributed by atoms with Crippen LogP contribution >= 0.6 is 11.8 Å². The van der Waals surface area contributed by atoms with Crippen molar-refractivity contribution in [2.24, 2.45) is 0 Å². The number of aromatic nitrogens is 5. The van der Waals surface area contributed by atoms with Gasteiger partial charge in [0, 0.05) is 31.2 Å². The van der Waals surface area contributed by atoms with Crippen LogP contribution in [0.15, 0.2) is 66.0 Å². The molecule has 0 N–H and O–H groups in total. The first-order chi connectivity index (χ1) is 17.0. The molecule has 0 unspecified atom stereocenters. The summed E-state index contributed by atoms with van der Waals surface area (Å²) < 4.78 is 7.71. The Hall–Kier alpha value is -4.05. The molecule has 1 amide bonds. The lowest BCUT2D eigenvalue weighted by atomic mass is 10.1. The SMILES string of the molecule is CCSc1nnc2c(n1)O[C@@H](c1cn(C(C)=O)nc1-c1ccccc1)N(C(C)=O)c1ccccc1-2. The molecule has 0 saturated heterocycles.